The predicted octanol–water partition coefficient (Wildman–Crippen LogP) is 2.69. The first kappa shape index (κ1) is 25.6. The van der Waals surface area contributed by atoms with Crippen LogP contribution in [0.1, 0.15) is 12.5 Å². The number of rotatable bonds is 12. The molecule has 0 saturated heterocycles. The Kier molecular flexibility index (Phi) is 9.07. The van der Waals surface area contributed by atoms with Gasteiger partial charge in [0.1, 0.15) is 5.75 Å². The van der Waals surface area contributed by atoms with Crippen LogP contribution in [0.5, 0.6) is 17.2 Å². The molecule has 11 nitrogen and oxygen atoms in total. The molecule has 1 amide bonds. The van der Waals surface area contributed by atoms with E-state index in [1.165, 1.54) is 18.0 Å². The first-order chi connectivity index (χ1) is 17.0. The lowest BCUT2D eigenvalue weighted by Crippen LogP contribution is -2.20. The molecule has 1 aromatic heterocycles. The van der Waals surface area contributed by atoms with Gasteiger partial charge in [0, 0.05) is 17.7 Å². The molecule has 1 heterocycles. The molecular weight excluding hydrogens is 474 g/mol. The van der Waals surface area contributed by atoms with Crippen molar-refractivity contribution in [1.29, 1.82) is 0 Å². The normalized spacial score (nSPS) is 10.8. The Morgan fingerprint density at radius 3 is 2.60 bits per heavy atom. The van der Waals surface area contributed by atoms with Gasteiger partial charge in [0.15, 0.2) is 29.1 Å². The quantitative estimate of drug-likeness (QED) is 0.219. The molecule has 2 aromatic carbocycles. The highest BCUT2D eigenvalue weighted by molar-refractivity contribution is 7.99. The smallest absolute Gasteiger partial charge is 0.341 e. The Balaban J connectivity index is 1.62. The standard InChI is InChI=1S/C23H25N5O6S/c1-4-28-22(15-9-10-18(32-2)19(11-15)33-3)26-27-23(28)35-14-20(29)25-24-12-16-7-5-6-8-17(16)34-13-21(30)31/h5-12H,4,13-14H2,1-3H3,(H,25,29)(H,30,31). The zero-order valence-corrected chi connectivity index (χ0v) is 20.2. The van der Waals surface area contributed by atoms with Crippen LogP contribution in [0.2, 0.25) is 0 Å². The third-order valence-corrected chi connectivity index (χ3v) is 5.64. The minimum absolute atomic E-state index is 0.0680. The van der Waals surface area contributed by atoms with Gasteiger partial charge in [-0.05, 0) is 37.3 Å². The van der Waals surface area contributed by atoms with E-state index in [4.69, 9.17) is 19.3 Å². The van der Waals surface area contributed by atoms with Crippen LogP contribution in [-0.2, 0) is 16.1 Å². The Bertz CT molecular complexity index is 1210. The van der Waals surface area contributed by atoms with Crippen molar-refractivity contribution in [2.24, 2.45) is 5.10 Å². The molecular formula is C23H25N5O6S. The maximum absolute atomic E-state index is 12.3. The molecule has 0 radical (unpaired) electrons. The van der Waals surface area contributed by atoms with E-state index in [-0.39, 0.29) is 11.7 Å². The highest BCUT2D eigenvalue weighted by Crippen LogP contribution is 2.32. The molecule has 0 aliphatic carbocycles. The number of benzene rings is 2. The van der Waals surface area contributed by atoms with Gasteiger partial charge in [0.05, 0.1) is 26.2 Å². The fourth-order valence-electron chi connectivity index (χ4n) is 3.06. The van der Waals surface area contributed by atoms with Gasteiger partial charge in [0.25, 0.3) is 5.91 Å². The SMILES string of the molecule is CCn1c(SCC(=O)NN=Cc2ccccc2OCC(=O)O)nnc1-c1ccc(OC)c(OC)c1. The van der Waals surface area contributed by atoms with Crippen molar-refractivity contribution in [3.8, 4) is 28.6 Å². The monoisotopic (exact) mass is 499 g/mol. The highest BCUT2D eigenvalue weighted by atomic mass is 32.2. The number of hydrogen-bond donors (Lipinski definition) is 2. The summed E-state index contributed by atoms with van der Waals surface area (Å²) in [4.78, 5) is 23.0. The number of aliphatic carboxylic acids is 1. The molecule has 0 bridgehead atoms. The Hall–Kier alpha value is -4.06. The summed E-state index contributed by atoms with van der Waals surface area (Å²) in [6.45, 7) is 2.09. The van der Waals surface area contributed by atoms with Gasteiger partial charge in [0.2, 0.25) is 0 Å². The molecule has 0 unspecified atom stereocenters. The van der Waals surface area contributed by atoms with E-state index >= 15 is 0 Å². The Morgan fingerprint density at radius 2 is 1.89 bits per heavy atom. The molecule has 0 atom stereocenters. The number of ether oxygens (including phenoxy) is 3. The van der Waals surface area contributed by atoms with Gasteiger partial charge >= 0.3 is 5.97 Å². The summed E-state index contributed by atoms with van der Waals surface area (Å²) in [6.07, 6.45) is 1.39. The van der Waals surface area contributed by atoms with Gasteiger partial charge in [-0.3, -0.25) is 4.79 Å². The summed E-state index contributed by atoms with van der Waals surface area (Å²) < 4.78 is 17.8. The number of thioether (sulfide) groups is 1. The largest absolute Gasteiger partial charge is 0.493 e. The zero-order valence-electron chi connectivity index (χ0n) is 19.4. The van der Waals surface area contributed by atoms with Crippen LogP contribution in [-0.4, -0.2) is 64.5 Å². The number of para-hydroxylation sites is 1. The number of carbonyl (C=O) groups is 2. The van der Waals surface area contributed by atoms with E-state index in [1.54, 1.807) is 44.6 Å². The van der Waals surface area contributed by atoms with Crippen LogP contribution in [0.4, 0.5) is 0 Å². The zero-order chi connectivity index (χ0) is 25.2. The van der Waals surface area contributed by atoms with E-state index in [0.717, 1.165) is 5.56 Å². The highest BCUT2D eigenvalue weighted by Gasteiger charge is 2.16. The molecule has 3 aromatic rings. The summed E-state index contributed by atoms with van der Waals surface area (Å²) in [7, 11) is 3.14. The van der Waals surface area contributed by atoms with E-state index < -0.39 is 12.6 Å². The minimum atomic E-state index is -1.09. The second kappa shape index (κ2) is 12.4. The summed E-state index contributed by atoms with van der Waals surface area (Å²) in [5, 5.41) is 21.8. The second-order valence-electron chi connectivity index (χ2n) is 6.92. The lowest BCUT2D eigenvalue weighted by molar-refractivity contribution is -0.139. The molecule has 0 spiro atoms. The molecule has 0 aliphatic rings. The van der Waals surface area contributed by atoms with Gasteiger partial charge in [-0.15, -0.1) is 10.2 Å². The van der Waals surface area contributed by atoms with Gasteiger partial charge in [-0.25, -0.2) is 10.2 Å². The molecule has 2 N–H and O–H groups in total. The first-order valence-electron chi connectivity index (χ1n) is 10.5. The number of hydrogen-bond acceptors (Lipinski definition) is 9. The van der Waals surface area contributed by atoms with Crippen molar-refractivity contribution in [3.63, 3.8) is 0 Å². The van der Waals surface area contributed by atoms with Crippen LogP contribution in [0.15, 0.2) is 52.7 Å². The van der Waals surface area contributed by atoms with Crippen LogP contribution in [0, 0.1) is 0 Å². The first-order valence-corrected chi connectivity index (χ1v) is 11.5. The second-order valence-corrected chi connectivity index (χ2v) is 7.86. The molecule has 184 valence electrons. The van der Waals surface area contributed by atoms with Crippen LogP contribution in [0.3, 0.4) is 0 Å². The van der Waals surface area contributed by atoms with Gasteiger partial charge in [-0.2, -0.15) is 5.10 Å². The van der Waals surface area contributed by atoms with Crippen molar-refractivity contribution in [3.05, 3.63) is 48.0 Å². The molecule has 0 saturated carbocycles. The van der Waals surface area contributed by atoms with E-state index in [1.807, 2.05) is 23.6 Å². The number of amides is 1. The average molecular weight is 500 g/mol. The summed E-state index contributed by atoms with van der Waals surface area (Å²) in [5.74, 6) is 0.829. The summed E-state index contributed by atoms with van der Waals surface area (Å²) in [6, 6.07) is 12.3. The lowest BCUT2D eigenvalue weighted by Gasteiger charge is -2.10. The molecule has 35 heavy (non-hydrogen) atoms. The number of aromatic nitrogens is 3. The number of methoxy groups -OCH3 is 2. The maximum atomic E-state index is 12.3. The van der Waals surface area contributed by atoms with Crippen LogP contribution in [0.25, 0.3) is 11.4 Å². The summed E-state index contributed by atoms with van der Waals surface area (Å²) in [5.41, 5.74) is 3.79. The fraction of sp³-hybridized carbons (Fsp3) is 0.261. The van der Waals surface area contributed by atoms with Crippen LogP contribution < -0.4 is 19.6 Å². The van der Waals surface area contributed by atoms with Crippen molar-refractivity contribution >= 4 is 29.9 Å². The topological polar surface area (TPSA) is 137 Å². The molecule has 0 aliphatic heterocycles. The van der Waals surface area contributed by atoms with Crippen LogP contribution >= 0.6 is 11.8 Å². The Labute approximate surface area is 206 Å². The Morgan fingerprint density at radius 1 is 1.11 bits per heavy atom. The number of nitrogens with zero attached hydrogens (tertiary/aromatic N) is 4. The van der Waals surface area contributed by atoms with E-state index in [0.29, 0.717) is 40.3 Å². The number of carbonyl (C=O) groups excluding carboxylic acids is 1. The molecule has 12 heteroatoms. The molecule has 3 rings (SSSR count). The summed E-state index contributed by atoms with van der Waals surface area (Å²) >= 11 is 1.23. The van der Waals surface area contributed by atoms with Gasteiger partial charge in [-0.1, -0.05) is 23.9 Å². The van der Waals surface area contributed by atoms with E-state index in [2.05, 4.69) is 20.7 Å². The van der Waals surface area contributed by atoms with E-state index in [9.17, 15) is 9.59 Å². The number of carboxylic acid groups (broad SMARTS) is 1. The maximum Gasteiger partial charge on any atom is 0.341 e. The van der Waals surface area contributed by atoms with Crippen molar-refractivity contribution in [2.45, 2.75) is 18.6 Å². The number of nitrogens with one attached hydrogen (secondary N) is 1. The van der Waals surface area contributed by atoms with Crippen molar-refractivity contribution in [1.82, 2.24) is 20.2 Å². The third-order valence-electron chi connectivity index (χ3n) is 4.67. The molecule has 0 fully saturated rings. The van der Waals surface area contributed by atoms with Crippen molar-refractivity contribution < 1.29 is 28.9 Å². The van der Waals surface area contributed by atoms with Gasteiger partial charge < -0.3 is 23.9 Å². The number of hydrazone groups is 1. The average Bonchev–Trinajstić information content (AvgIpc) is 3.29. The predicted molar refractivity (Wildman–Crippen MR) is 130 cm³/mol. The lowest BCUT2D eigenvalue weighted by atomic mass is 10.2. The minimum Gasteiger partial charge on any atom is -0.493 e. The van der Waals surface area contributed by atoms with Crippen molar-refractivity contribution in [2.75, 3.05) is 26.6 Å². The number of carboxylic acids is 1. The third kappa shape index (κ3) is 6.73. The fourth-order valence-corrected chi connectivity index (χ4v) is 3.86.